The van der Waals surface area contributed by atoms with Crippen molar-refractivity contribution in [2.45, 2.75) is 46.5 Å². The summed E-state index contributed by atoms with van der Waals surface area (Å²) in [6, 6.07) is 0. The molecule has 74 valence electrons. The van der Waals surface area contributed by atoms with Crippen molar-refractivity contribution in [3.8, 4) is 0 Å². The molecule has 0 spiro atoms. The second kappa shape index (κ2) is 2.83. The van der Waals surface area contributed by atoms with Crippen LogP contribution in [-0.4, -0.2) is 5.78 Å². The lowest BCUT2D eigenvalue weighted by Crippen LogP contribution is -2.34. The van der Waals surface area contributed by atoms with Gasteiger partial charge in [0.05, 0.1) is 0 Å². The maximum absolute atomic E-state index is 11.5. The highest BCUT2D eigenvalue weighted by Crippen LogP contribution is 2.61. The molecule has 0 aromatic carbocycles. The smallest absolute Gasteiger partial charge is 0.133 e. The molecule has 1 nitrogen and oxygen atoms in total. The number of rotatable bonds is 2. The topological polar surface area (TPSA) is 17.1 Å². The van der Waals surface area contributed by atoms with Crippen molar-refractivity contribution in [1.82, 2.24) is 0 Å². The molecule has 0 aliphatic heterocycles. The zero-order chi connectivity index (χ0) is 9.64. The molecule has 0 aromatic rings. The van der Waals surface area contributed by atoms with Crippen LogP contribution in [0.3, 0.4) is 0 Å². The van der Waals surface area contributed by atoms with Crippen LogP contribution in [0.5, 0.6) is 0 Å². The van der Waals surface area contributed by atoms with Crippen molar-refractivity contribution >= 4 is 5.78 Å². The fourth-order valence-electron chi connectivity index (χ4n) is 3.80. The Kier molecular flexibility index (Phi) is 2.01. The van der Waals surface area contributed by atoms with Gasteiger partial charge in [-0.3, -0.25) is 4.79 Å². The molecule has 0 heterocycles. The molecule has 2 aliphatic carbocycles. The summed E-state index contributed by atoms with van der Waals surface area (Å²) in [6.07, 6.45) is 5.20. The summed E-state index contributed by atoms with van der Waals surface area (Å²) >= 11 is 0. The number of ketones is 1. The lowest BCUT2D eigenvalue weighted by Gasteiger charge is -2.37. The Morgan fingerprint density at radius 1 is 1.46 bits per heavy atom. The summed E-state index contributed by atoms with van der Waals surface area (Å²) < 4.78 is 0. The van der Waals surface area contributed by atoms with Crippen LogP contribution >= 0.6 is 0 Å². The molecule has 3 unspecified atom stereocenters. The third-order valence-electron chi connectivity index (χ3n) is 4.59. The highest BCUT2D eigenvalue weighted by Gasteiger charge is 2.54. The van der Waals surface area contributed by atoms with Crippen LogP contribution in [-0.2, 0) is 4.79 Å². The Morgan fingerprint density at radius 3 is 2.54 bits per heavy atom. The largest absolute Gasteiger partial charge is 0.300 e. The van der Waals surface area contributed by atoms with Crippen LogP contribution in [0.15, 0.2) is 0 Å². The lowest BCUT2D eigenvalue weighted by atomic mass is 9.66. The highest BCUT2D eigenvalue weighted by atomic mass is 16.1. The van der Waals surface area contributed by atoms with Gasteiger partial charge in [-0.15, -0.1) is 0 Å². The van der Waals surface area contributed by atoms with Gasteiger partial charge in [-0.25, -0.2) is 0 Å². The van der Waals surface area contributed by atoms with Crippen LogP contribution in [0.4, 0.5) is 0 Å². The predicted octanol–water partition coefficient (Wildman–Crippen LogP) is 3.04. The molecule has 0 radical (unpaired) electrons. The number of hydrogen-bond acceptors (Lipinski definition) is 1. The van der Waals surface area contributed by atoms with Gasteiger partial charge in [0.1, 0.15) is 5.78 Å². The van der Waals surface area contributed by atoms with Crippen molar-refractivity contribution in [1.29, 1.82) is 0 Å². The number of fused-ring (bicyclic) bond motifs is 2. The van der Waals surface area contributed by atoms with Crippen molar-refractivity contribution in [3.05, 3.63) is 0 Å². The average Bonchev–Trinajstić information content (AvgIpc) is 2.60. The predicted molar refractivity (Wildman–Crippen MR) is 53.4 cm³/mol. The monoisotopic (exact) mass is 180 g/mol. The SMILES string of the molecule is CC(=O)C1CC2CCC1(C(C)C)C2. The van der Waals surface area contributed by atoms with E-state index < -0.39 is 0 Å². The Labute approximate surface area is 80.9 Å². The van der Waals surface area contributed by atoms with Gasteiger partial charge < -0.3 is 0 Å². The van der Waals surface area contributed by atoms with Gasteiger partial charge in [0.15, 0.2) is 0 Å². The first-order valence-electron chi connectivity index (χ1n) is 5.56. The third-order valence-corrected chi connectivity index (χ3v) is 4.59. The molecule has 2 fully saturated rings. The van der Waals surface area contributed by atoms with Crippen molar-refractivity contribution < 1.29 is 4.79 Å². The van der Waals surface area contributed by atoms with E-state index >= 15 is 0 Å². The van der Waals surface area contributed by atoms with Gasteiger partial charge in [-0.05, 0) is 49.9 Å². The van der Waals surface area contributed by atoms with Crippen LogP contribution < -0.4 is 0 Å². The second-order valence-corrected chi connectivity index (χ2v) is 5.40. The molecule has 0 N–H and O–H groups in total. The minimum absolute atomic E-state index is 0.395. The molecule has 2 saturated carbocycles. The first kappa shape index (κ1) is 9.23. The van der Waals surface area contributed by atoms with E-state index in [0.29, 0.717) is 23.0 Å². The van der Waals surface area contributed by atoms with Crippen LogP contribution in [0, 0.1) is 23.2 Å². The molecule has 13 heavy (non-hydrogen) atoms. The first-order valence-corrected chi connectivity index (χ1v) is 5.56. The molecule has 2 aliphatic rings. The molecule has 0 amide bonds. The zero-order valence-corrected chi connectivity index (χ0v) is 8.97. The van der Waals surface area contributed by atoms with Crippen molar-refractivity contribution in [3.63, 3.8) is 0 Å². The molecule has 1 heteroatoms. The minimum atomic E-state index is 0.395. The first-order chi connectivity index (χ1) is 6.06. The quantitative estimate of drug-likeness (QED) is 0.638. The van der Waals surface area contributed by atoms with Gasteiger partial charge in [-0.1, -0.05) is 13.8 Å². The summed E-state index contributed by atoms with van der Waals surface area (Å²) in [5.74, 6) is 2.40. The molecular weight excluding hydrogens is 160 g/mol. The Hall–Kier alpha value is -0.330. The normalized spacial score (nSPS) is 43.1. The van der Waals surface area contributed by atoms with E-state index in [1.54, 1.807) is 6.92 Å². The lowest BCUT2D eigenvalue weighted by molar-refractivity contribution is -0.125. The van der Waals surface area contributed by atoms with Crippen LogP contribution in [0.2, 0.25) is 0 Å². The summed E-state index contributed by atoms with van der Waals surface area (Å²) in [5, 5.41) is 0. The number of hydrogen-bond donors (Lipinski definition) is 0. The van der Waals surface area contributed by atoms with Crippen molar-refractivity contribution in [2.75, 3.05) is 0 Å². The van der Waals surface area contributed by atoms with Crippen LogP contribution in [0.1, 0.15) is 46.5 Å². The molecule has 2 rings (SSSR count). The molecule has 2 bridgehead atoms. The van der Waals surface area contributed by atoms with E-state index in [1.165, 1.54) is 25.7 Å². The van der Waals surface area contributed by atoms with Crippen molar-refractivity contribution in [2.24, 2.45) is 23.2 Å². The van der Waals surface area contributed by atoms with E-state index in [4.69, 9.17) is 0 Å². The van der Waals surface area contributed by atoms with Gasteiger partial charge in [0.2, 0.25) is 0 Å². The van der Waals surface area contributed by atoms with Gasteiger partial charge in [0.25, 0.3) is 0 Å². The van der Waals surface area contributed by atoms with Gasteiger partial charge >= 0.3 is 0 Å². The summed E-state index contributed by atoms with van der Waals surface area (Å²) in [6.45, 7) is 6.38. The number of carbonyl (C=O) groups excluding carboxylic acids is 1. The Bertz CT molecular complexity index is 231. The molecule has 0 aromatic heterocycles. The van der Waals surface area contributed by atoms with E-state index in [1.807, 2.05) is 0 Å². The van der Waals surface area contributed by atoms with E-state index in [2.05, 4.69) is 13.8 Å². The standard InChI is InChI=1S/C12H20O/c1-8(2)12-5-4-10(7-12)6-11(12)9(3)13/h8,10-11H,4-7H2,1-3H3. The maximum atomic E-state index is 11.5. The maximum Gasteiger partial charge on any atom is 0.133 e. The Morgan fingerprint density at radius 2 is 2.15 bits per heavy atom. The molecular formula is C12H20O. The Balaban J connectivity index is 2.27. The highest BCUT2D eigenvalue weighted by molar-refractivity contribution is 5.79. The van der Waals surface area contributed by atoms with E-state index in [9.17, 15) is 4.79 Å². The fraction of sp³-hybridized carbons (Fsp3) is 0.917. The summed E-state index contributed by atoms with van der Waals surface area (Å²) in [5.41, 5.74) is 0.399. The van der Waals surface area contributed by atoms with Gasteiger partial charge in [0, 0.05) is 5.92 Å². The van der Waals surface area contributed by atoms with Crippen LogP contribution in [0.25, 0.3) is 0 Å². The van der Waals surface area contributed by atoms with Gasteiger partial charge in [-0.2, -0.15) is 0 Å². The number of carbonyl (C=O) groups is 1. The molecule has 3 atom stereocenters. The average molecular weight is 180 g/mol. The molecule has 0 saturated heterocycles. The third kappa shape index (κ3) is 1.16. The zero-order valence-electron chi connectivity index (χ0n) is 8.97. The minimum Gasteiger partial charge on any atom is -0.300 e. The van der Waals surface area contributed by atoms with E-state index in [-0.39, 0.29) is 0 Å². The summed E-state index contributed by atoms with van der Waals surface area (Å²) in [4.78, 5) is 11.5. The summed E-state index contributed by atoms with van der Waals surface area (Å²) in [7, 11) is 0. The second-order valence-electron chi connectivity index (χ2n) is 5.40. The van der Waals surface area contributed by atoms with E-state index in [0.717, 1.165) is 5.92 Å². The fourth-order valence-corrected chi connectivity index (χ4v) is 3.80. The number of Topliss-reactive ketones (excluding diaryl/α,β-unsaturated/α-hetero) is 1.